The molecule has 2 heterocycles. The lowest BCUT2D eigenvalue weighted by atomic mass is 9.67. The van der Waals surface area contributed by atoms with E-state index in [1.165, 1.54) is 0 Å². The number of carbonyl (C=O) groups is 4. The molecule has 3 aliphatic rings. The Bertz CT molecular complexity index is 1540. The number of rotatable bonds is 8. The molecule has 0 unspecified atom stereocenters. The summed E-state index contributed by atoms with van der Waals surface area (Å²) in [5, 5.41) is 10.3. The molecule has 9 nitrogen and oxygen atoms in total. The van der Waals surface area contributed by atoms with E-state index in [2.05, 4.69) is 41.7 Å². The zero-order valence-corrected chi connectivity index (χ0v) is 28.4. The molecule has 272 valence electrons. The van der Waals surface area contributed by atoms with Crippen LogP contribution >= 0.6 is 0 Å². The zero-order chi connectivity index (χ0) is 36.6. The molecule has 0 bridgehead atoms. The van der Waals surface area contributed by atoms with E-state index in [4.69, 9.17) is 15.6 Å². The van der Waals surface area contributed by atoms with Crippen LogP contribution < -0.4 is 11.1 Å². The molecule has 0 aromatic heterocycles. The Morgan fingerprint density at radius 1 is 0.686 bits per heavy atom. The molecule has 2 saturated heterocycles. The summed E-state index contributed by atoms with van der Waals surface area (Å²) in [4.78, 5) is 54.5. The van der Waals surface area contributed by atoms with Crippen LogP contribution in [0.1, 0.15) is 74.5 Å². The number of carboxylic acid groups (broad SMARTS) is 1. The highest BCUT2D eigenvalue weighted by atomic mass is 19.4. The van der Waals surface area contributed by atoms with Crippen molar-refractivity contribution in [2.75, 3.05) is 13.1 Å². The van der Waals surface area contributed by atoms with Crippen molar-refractivity contribution in [3.63, 3.8) is 0 Å². The molecule has 0 radical (unpaired) electrons. The number of hydrogen-bond acceptors (Lipinski definition) is 5. The van der Waals surface area contributed by atoms with Crippen LogP contribution in [0.25, 0.3) is 0 Å². The van der Waals surface area contributed by atoms with E-state index in [9.17, 15) is 27.6 Å². The molecule has 4 N–H and O–H groups in total. The number of amides is 3. The topological polar surface area (TPSA) is 133 Å². The molecule has 51 heavy (non-hydrogen) atoms. The van der Waals surface area contributed by atoms with Crippen LogP contribution in [-0.4, -0.2) is 82.0 Å². The number of carboxylic acids is 1. The van der Waals surface area contributed by atoms with Gasteiger partial charge in [0.2, 0.25) is 17.7 Å². The van der Waals surface area contributed by atoms with E-state index in [0.29, 0.717) is 25.9 Å². The highest BCUT2D eigenvalue weighted by Gasteiger charge is 2.46. The summed E-state index contributed by atoms with van der Waals surface area (Å²) in [7, 11) is 0. The maximum atomic E-state index is 14.5. The van der Waals surface area contributed by atoms with Gasteiger partial charge in [0.25, 0.3) is 0 Å². The predicted octanol–water partition coefficient (Wildman–Crippen LogP) is 5.41. The summed E-state index contributed by atoms with van der Waals surface area (Å²) in [6, 6.07) is 29.4. The van der Waals surface area contributed by atoms with Crippen molar-refractivity contribution in [3.8, 4) is 0 Å². The van der Waals surface area contributed by atoms with E-state index in [1.54, 1.807) is 9.80 Å². The van der Waals surface area contributed by atoms with E-state index < -0.39 is 29.6 Å². The number of halogens is 3. The van der Waals surface area contributed by atoms with Gasteiger partial charge in [0, 0.05) is 31.6 Å². The first-order chi connectivity index (χ1) is 24.4. The Kier molecular flexibility index (Phi) is 12.2. The van der Waals surface area contributed by atoms with Gasteiger partial charge in [0.1, 0.15) is 12.1 Å². The fourth-order valence-corrected chi connectivity index (χ4v) is 7.74. The SMILES string of the molecule is N[C@@H]1CCCC[C@@H]1NC(=O)[C@H]1CCCN1C(=O)[C@@H]1CCCN1C(=O)CC(c1ccccc1)(c1ccccc1)c1ccccc1.O=C(O)C(F)(F)F. The van der Waals surface area contributed by atoms with Crippen LogP contribution in [0.4, 0.5) is 13.2 Å². The van der Waals surface area contributed by atoms with Gasteiger partial charge in [-0.3, -0.25) is 14.4 Å². The molecule has 0 spiro atoms. The highest BCUT2D eigenvalue weighted by molar-refractivity contribution is 5.93. The third-order valence-electron chi connectivity index (χ3n) is 10.3. The molecule has 3 fully saturated rings. The molecule has 3 aromatic carbocycles. The van der Waals surface area contributed by atoms with Gasteiger partial charge in [-0.25, -0.2) is 4.79 Å². The van der Waals surface area contributed by atoms with Gasteiger partial charge in [0.05, 0.1) is 5.41 Å². The van der Waals surface area contributed by atoms with Gasteiger partial charge in [-0.05, 0) is 55.2 Å². The number of carbonyl (C=O) groups excluding carboxylic acids is 3. The normalized spacial score (nSPS) is 22.1. The van der Waals surface area contributed by atoms with Crippen molar-refractivity contribution in [2.24, 2.45) is 5.73 Å². The largest absolute Gasteiger partial charge is 0.490 e. The second-order valence-electron chi connectivity index (χ2n) is 13.5. The fourth-order valence-electron chi connectivity index (χ4n) is 7.74. The van der Waals surface area contributed by atoms with E-state index in [1.807, 2.05) is 54.6 Å². The maximum Gasteiger partial charge on any atom is 0.490 e. The van der Waals surface area contributed by atoms with Gasteiger partial charge >= 0.3 is 12.1 Å². The smallest absolute Gasteiger partial charge is 0.475 e. The average molecular weight is 707 g/mol. The molecule has 4 atom stereocenters. The Labute approximate surface area is 296 Å². The van der Waals surface area contributed by atoms with Gasteiger partial charge in [-0.1, -0.05) is 104 Å². The number of benzene rings is 3. The Morgan fingerprint density at radius 3 is 1.61 bits per heavy atom. The number of aliphatic carboxylic acids is 1. The predicted molar refractivity (Wildman–Crippen MR) is 185 cm³/mol. The minimum Gasteiger partial charge on any atom is -0.475 e. The molecule has 1 saturated carbocycles. The second-order valence-corrected chi connectivity index (χ2v) is 13.5. The third-order valence-corrected chi connectivity index (χ3v) is 10.3. The van der Waals surface area contributed by atoms with Gasteiger partial charge in [-0.2, -0.15) is 13.2 Å². The van der Waals surface area contributed by atoms with Gasteiger partial charge in [0.15, 0.2) is 0 Å². The summed E-state index contributed by atoms with van der Waals surface area (Å²) in [6.07, 6.45) is 1.84. The van der Waals surface area contributed by atoms with Gasteiger partial charge in [-0.15, -0.1) is 0 Å². The summed E-state index contributed by atoms with van der Waals surface area (Å²) in [5.41, 5.74) is 8.68. The molecule has 2 aliphatic heterocycles. The summed E-state index contributed by atoms with van der Waals surface area (Å²) >= 11 is 0. The Hall–Kier alpha value is -4.71. The van der Waals surface area contributed by atoms with E-state index in [0.717, 1.165) is 55.2 Å². The number of alkyl halides is 3. The molecule has 1 aliphatic carbocycles. The van der Waals surface area contributed by atoms with Crippen molar-refractivity contribution < 1.29 is 37.5 Å². The van der Waals surface area contributed by atoms with Crippen LogP contribution in [-0.2, 0) is 24.6 Å². The quantitative estimate of drug-likeness (QED) is 0.269. The van der Waals surface area contributed by atoms with Crippen molar-refractivity contribution in [1.82, 2.24) is 15.1 Å². The van der Waals surface area contributed by atoms with Crippen LogP contribution in [0.3, 0.4) is 0 Å². The third kappa shape index (κ3) is 8.61. The minimum atomic E-state index is -5.08. The Balaban J connectivity index is 0.000000654. The molecular formula is C39H45F3N4O5. The second kappa shape index (κ2) is 16.5. The highest BCUT2D eigenvalue weighted by Crippen LogP contribution is 2.43. The summed E-state index contributed by atoms with van der Waals surface area (Å²) < 4.78 is 31.7. The first kappa shape index (κ1) is 37.5. The number of likely N-dealkylation sites (tertiary alicyclic amines) is 2. The molecule has 3 aromatic rings. The lowest BCUT2D eigenvalue weighted by Gasteiger charge is -2.38. The first-order valence-corrected chi connectivity index (χ1v) is 17.6. The lowest BCUT2D eigenvalue weighted by molar-refractivity contribution is -0.192. The van der Waals surface area contributed by atoms with Crippen LogP contribution in [0, 0.1) is 0 Å². The fraction of sp³-hybridized carbons (Fsp3) is 0.436. The minimum absolute atomic E-state index is 0.0413. The van der Waals surface area contributed by atoms with E-state index >= 15 is 0 Å². The van der Waals surface area contributed by atoms with Gasteiger partial charge < -0.3 is 26.0 Å². The number of nitrogens with zero attached hydrogens (tertiary/aromatic N) is 2. The van der Waals surface area contributed by atoms with Crippen molar-refractivity contribution in [2.45, 2.75) is 93.5 Å². The number of nitrogens with one attached hydrogen (secondary N) is 1. The van der Waals surface area contributed by atoms with E-state index in [-0.39, 0.29) is 36.2 Å². The van der Waals surface area contributed by atoms with Crippen LogP contribution in [0.2, 0.25) is 0 Å². The Morgan fingerprint density at radius 2 is 1.14 bits per heavy atom. The first-order valence-electron chi connectivity index (χ1n) is 17.6. The summed E-state index contributed by atoms with van der Waals surface area (Å²) in [5.74, 6) is -3.02. The lowest BCUT2D eigenvalue weighted by Crippen LogP contribution is -2.57. The monoisotopic (exact) mass is 706 g/mol. The summed E-state index contributed by atoms with van der Waals surface area (Å²) in [6.45, 7) is 1.07. The standard InChI is InChI=1S/C37H44N4O3.C2HF3O2/c38-30-20-10-11-21-31(30)39-35(43)32-22-12-25-41(32)36(44)33-23-13-24-40(33)34(42)26-37(27-14-4-1-5-15-27,28-16-6-2-7-17-28)29-18-8-3-9-19-29;3-2(4,5)1(6)7/h1-9,14-19,30-33H,10-13,20-26,38H2,(H,39,43);(H,6,7)/t30-,31+,32-,33+;/m1./s1. The van der Waals surface area contributed by atoms with Crippen molar-refractivity contribution in [1.29, 1.82) is 0 Å². The average Bonchev–Trinajstić information content (AvgIpc) is 3.84. The maximum absolute atomic E-state index is 14.5. The molecule has 3 amide bonds. The zero-order valence-electron chi connectivity index (χ0n) is 28.4. The van der Waals surface area contributed by atoms with Crippen molar-refractivity contribution >= 4 is 23.7 Å². The molecule has 6 rings (SSSR count). The van der Waals surface area contributed by atoms with Crippen LogP contribution in [0.5, 0.6) is 0 Å². The number of hydrogen-bond donors (Lipinski definition) is 3. The molecule has 12 heteroatoms. The molecular weight excluding hydrogens is 661 g/mol. The van der Waals surface area contributed by atoms with Crippen LogP contribution in [0.15, 0.2) is 91.0 Å². The van der Waals surface area contributed by atoms with Crippen molar-refractivity contribution in [3.05, 3.63) is 108 Å². The number of nitrogens with two attached hydrogens (primary N) is 1.